The molecule has 128 valence electrons. The van der Waals surface area contributed by atoms with Crippen LogP contribution in [-0.2, 0) is 9.53 Å². The van der Waals surface area contributed by atoms with E-state index in [1.807, 2.05) is 38.1 Å². The van der Waals surface area contributed by atoms with Gasteiger partial charge in [-0.2, -0.15) is 0 Å². The second-order valence-electron chi connectivity index (χ2n) is 6.55. The number of fused-ring (bicyclic) bond motifs is 1. The highest BCUT2D eigenvalue weighted by molar-refractivity contribution is 6.09. The van der Waals surface area contributed by atoms with Crippen molar-refractivity contribution in [3.8, 4) is 0 Å². The van der Waals surface area contributed by atoms with Gasteiger partial charge >= 0.3 is 5.97 Å². The van der Waals surface area contributed by atoms with Crippen molar-refractivity contribution in [2.45, 2.75) is 26.7 Å². The average Bonchev–Trinajstić information content (AvgIpc) is 2.91. The van der Waals surface area contributed by atoms with Crippen molar-refractivity contribution in [2.24, 2.45) is 5.92 Å². The number of esters is 1. The van der Waals surface area contributed by atoms with Crippen LogP contribution in [-0.4, -0.2) is 43.0 Å². The van der Waals surface area contributed by atoms with Gasteiger partial charge in [-0.15, -0.1) is 0 Å². The molecule has 2 heterocycles. The lowest BCUT2D eigenvalue weighted by Gasteiger charge is -2.27. The van der Waals surface area contributed by atoms with Gasteiger partial charge in [0.05, 0.1) is 31.2 Å². The van der Waals surface area contributed by atoms with Crippen LogP contribution in [0.5, 0.6) is 0 Å². The van der Waals surface area contributed by atoms with Gasteiger partial charge in [0.2, 0.25) is 5.78 Å². The Morgan fingerprint density at radius 1 is 1.25 bits per heavy atom. The van der Waals surface area contributed by atoms with E-state index < -0.39 is 0 Å². The van der Waals surface area contributed by atoms with Crippen LogP contribution in [0.3, 0.4) is 0 Å². The number of Topliss-reactive ketones (excluding diaryl/α,β-unsaturated/α-hetero) is 1. The molecule has 5 nitrogen and oxygen atoms in total. The number of aryl methyl sites for hydroxylation is 1. The van der Waals surface area contributed by atoms with E-state index in [0.717, 1.165) is 48.1 Å². The fourth-order valence-electron chi connectivity index (χ4n) is 3.65. The summed E-state index contributed by atoms with van der Waals surface area (Å²) in [7, 11) is 0. The number of carbonyl (C=O) groups excluding carboxylic acids is 2. The molecule has 1 fully saturated rings. The lowest BCUT2D eigenvalue weighted by atomic mass is 9.96. The number of hydrogen-bond donors (Lipinski definition) is 2. The highest BCUT2D eigenvalue weighted by atomic mass is 16.5. The standard InChI is InChI=1S/C19H24N2O3/c1-3-24-19(23)14-8-10-21(11-9-14)12-17(22)18-13(2)20-16-7-5-4-6-15(16)18/h4-7,14,20H,3,8-12H2,1-2H3/p+1. The number of aromatic nitrogens is 1. The molecule has 0 bridgehead atoms. The van der Waals surface area contributed by atoms with Crippen LogP contribution in [0.4, 0.5) is 0 Å². The van der Waals surface area contributed by atoms with Gasteiger partial charge < -0.3 is 14.6 Å². The van der Waals surface area contributed by atoms with Crippen molar-refractivity contribution < 1.29 is 19.2 Å². The van der Waals surface area contributed by atoms with Crippen LogP contribution >= 0.6 is 0 Å². The molecule has 1 saturated heterocycles. The molecular weight excluding hydrogens is 304 g/mol. The number of quaternary nitrogens is 1. The van der Waals surface area contributed by atoms with Crippen molar-refractivity contribution in [3.05, 3.63) is 35.5 Å². The molecule has 2 aromatic rings. The van der Waals surface area contributed by atoms with Crippen molar-refractivity contribution in [2.75, 3.05) is 26.2 Å². The minimum Gasteiger partial charge on any atom is -0.466 e. The summed E-state index contributed by atoms with van der Waals surface area (Å²) in [5.74, 6) is 0.0866. The predicted octanol–water partition coefficient (Wildman–Crippen LogP) is 1.52. The lowest BCUT2D eigenvalue weighted by Crippen LogP contribution is -3.14. The number of ether oxygens (including phenoxy) is 1. The normalized spacial score (nSPS) is 20.9. The van der Waals surface area contributed by atoms with Gasteiger partial charge in [0.15, 0.2) is 0 Å². The molecule has 0 aliphatic carbocycles. The van der Waals surface area contributed by atoms with Gasteiger partial charge in [0.25, 0.3) is 0 Å². The molecule has 3 rings (SSSR count). The van der Waals surface area contributed by atoms with Crippen LogP contribution in [0.2, 0.25) is 0 Å². The third-order valence-electron chi connectivity index (χ3n) is 4.90. The molecule has 1 aromatic carbocycles. The number of benzene rings is 1. The maximum absolute atomic E-state index is 12.8. The number of piperidine rings is 1. The molecule has 0 saturated carbocycles. The summed E-state index contributed by atoms with van der Waals surface area (Å²) in [4.78, 5) is 29.1. The van der Waals surface area contributed by atoms with Crippen molar-refractivity contribution in [3.63, 3.8) is 0 Å². The maximum atomic E-state index is 12.8. The third-order valence-corrected chi connectivity index (χ3v) is 4.90. The SMILES string of the molecule is CCOC(=O)C1CC[NH+](CC(=O)c2c(C)[nH]c3ccccc23)CC1. The maximum Gasteiger partial charge on any atom is 0.309 e. The Hall–Kier alpha value is -2.14. The summed E-state index contributed by atoms with van der Waals surface area (Å²) in [5, 5.41) is 1.00. The first-order valence-electron chi connectivity index (χ1n) is 8.70. The van der Waals surface area contributed by atoms with Gasteiger partial charge in [-0.3, -0.25) is 9.59 Å². The zero-order valence-corrected chi connectivity index (χ0v) is 14.4. The first kappa shape index (κ1) is 16.7. The summed E-state index contributed by atoms with van der Waals surface area (Å²) in [6.45, 7) is 6.39. The first-order valence-corrected chi connectivity index (χ1v) is 8.70. The Kier molecular flexibility index (Phi) is 5.00. The van der Waals surface area contributed by atoms with Crippen molar-refractivity contribution in [1.29, 1.82) is 0 Å². The summed E-state index contributed by atoms with van der Waals surface area (Å²) in [6, 6.07) is 7.92. The number of nitrogens with one attached hydrogen (secondary N) is 2. The zero-order valence-electron chi connectivity index (χ0n) is 14.4. The summed E-state index contributed by atoms with van der Waals surface area (Å²) < 4.78 is 5.10. The molecular formula is C19H25N2O3+. The Balaban J connectivity index is 1.64. The molecule has 1 aliphatic rings. The van der Waals surface area contributed by atoms with Crippen LogP contribution < -0.4 is 4.90 Å². The number of likely N-dealkylation sites (tertiary alicyclic amines) is 1. The second kappa shape index (κ2) is 7.18. The smallest absolute Gasteiger partial charge is 0.309 e. The number of carbonyl (C=O) groups is 2. The molecule has 0 spiro atoms. The summed E-state index contributed by atoms with van der Waals surface area (Å²) in [6.07, 6.45) is 1.60. The van der Waals surface area contributed by atoms with Gasteiger partial charge in [-0.25, -0.2) is 0 Å². The highest BCUT2D eigenvalue weighted by Crippen LogP contribution is 2.22. The number of aromatic amines is 1. The van der Waals surface area contributed by atoms with Crippen LogP contribution in [0.25, 0.3) is 10.9 Å². The molecule has 0 atom stereocenters. The van der Waals surface area contributed by atoms with E-state index in [-0.39, 0.29) is 17.7 Å². The van der Waals surface area contributed by atoms with E-state index in [4.69, 9.17) is 4.74 Å². The van der Waals surface area contributed by atoms with Crippen molar-refractivity contribution >= 4 is 22.7 Å². The van der Waals surface area contributed by atoms with Crippen LogP contribution in [0, 0.1) is 12.8 Å². The monoisotopic (exact) mass is 329 g/mol. The quantitative estimate of drug-likeness (QED) is 0.646. The Labute approximate surface area is 142 Å². The topological polar surface area (TPSA) is 63.6 Å². The zero-order chi connectivity index (χ0) is 17.1. The van der Waals surface area contributed by atoms with Crippen molar-refractivity contribution in [1.82, 2.24) is 4.98 Å². The lowest BCUT2D eigenvalue weighted by molar-refractivity contribution is -0.897. The van der Waals surface area contributed by atoms with Crippen LogP contribution in [0.15, 0.2) is 24.3 Å². The summed E-state index contributed by atoms with van der Waals surface area (Å²) >= 11 is 0. The number of H-pyrrole nitrogens is 1. The van der Waals surface area contributed by atoms with Gasteiger partial charge in [0.1, 0.15) is 6.54 Å². The second-order valence-corrected chi connectivity index (χ2v) is 6.55. The number of hydrogen-bond acceptors (Lipinski definition) is 3. The molecule has 0 amide bonds. The van der Waals surface area contributed by atoms with E-state index in [0.29, 0.717) is 13.2 Å². The number of para-hydroxylation sites is 1. The number of ketones is 1. The molecule has 5 heteroatoms. The van der Waals surface area contributed by atoms with E-state index in [2.05, 4.69) is 4.98 Å². The van der Waals surface area contributed by atoms with E-state index in [1.54, 1.807) is 0 Å². The molecule has 2 N–H and O–H groups in total. The Morgan fingerprint density at radius 2 is 1.96 bits per heavy atom. The minimum atomic E-state index is -0.0876. The third kappa shape index (κ3) is 3.36. The van der Waals surface area contributed by atoms with Gasteiger partial charge in [-0.1, -0.05) is 18.2 Å². The summed E-state index contributed by atoms with van der Waals surface area (Å²) in [5.41, 5.74) is 2.75. The highest BCUT2D eigenvalue weighted by Gasteiger charge is 2.30. The molecule has 1 aliphatic heterocycles. The Bertz CT molecular complexity index is 742. The Morgan fingerprint density at radius 3 is 2.67 bits per heavy atom. The molecule has 0 radical (unpaired) electrons. The van der Waals surface area contributed by atoms with E-state index >= 15 is 0 Å². The predicted molar refractivity (Wildman–Crippen MR) is 92.3 cm³/mol. The molecule has 1 aromatic heterocycles. The fourth-order valence-corrected chi connectivity index (χ4v) is 3.65. The van der Waals surface area contributed by atoms with Gasteiger partial charge in [-0.05, 0) is 19.9 Å². The molecule has 24 heavy (non-hydrogen) atoms. The minimum absolute atomic E-state index is 0.00127. The molecule has 0 unspecified atom stereocenters. The van der Waals surface area contributed by atoms with E-state index in [1.165, 1.54) is 4.90 Å². The first-order chi connectivity index (χ1) is 11.6. The average molecular weight is 329 g/mol. The number of rotatable bonds is 5. The van der Waals surface area contributed by atoms with E-state index in [9.17, 15) is 9.59 Å². The largest absolute Gasteiger partial charge is 0.466 e. The fraction of sp³-hybridized carbons (Fsp3) is 0.474. The van der Waals surface area contributed by atoms with Crippen LogP contribution in [0.1, 0.15) is 35.8 Å². The van der Waals surface area contributed by atoms with Gasteiger partial charge in [0, 0.05) is 29.4 Å².